The number of ketones is 1. The van der Waals surface area contributed by atoms with Gasteiger partial charge in [0.05, 0.1) is 17.8 Å². The largest absolute Gasteiger partial charge is 0.397 e. The number of nitrogens with zero attached hydrogens (tertiary/aromatic N) is 3. The Hall–Kier alpha value is -2.21. The highest BCUT2D eigenvalue weighted by Crippen LogP contribution is 2.14. The van der Waals surface area contributed by atoms with Gasteiger partial charge in [0.1, 0.15) is 5.69 Å². The molecular formula is C12H10N4OS. The lowest BCUT2D eigenvalue weighted by atomic mass is 10.1. The van der Waals surface area contributed by atoms with Crippen LogP contribution in [-0.2, 0) is 6.42 Å². The van der Waals surface area contributed by atoms with Crippen LogP contribution in [0.3, 0.4) is 0 Å². The number of carbonyl (C=O) groups is 1. The highest BCUT2D eigenvalue weighted by atomic mass is 32.1. The van der Waals surface area contributed by atoms with Gasteiger partial charge in [-0.2, -0.15) is 0 Å². The molecule has 0 bridgehead atoms. The van der Waals surface area contributed by atoms with Gasteiger partial charge in [0.25, 0.3) is 0 Å². The molecular weight excluding hydrogens is 248 g/mol. The minimum Gasteiger partial charge on any atom is -0.397 e. The number of carbonyl (C=O) groups excluding carboxylic acids is 1. The Labute approximate surface area is 107 Å². The van der Waals surface area contributed by atoms with Crippen LogP contribution in [0.4, 0.5) is 5.69 Å². The van der Waals surface area contributed by atoms with Crippen LogP contribution in [0.15, 0.2) is 36.1 Å². The smallest absolute Gasteiger partial charge is 0.193 e. The number of Topliss-reactive ketones (excluding diaryl/α,β-unsaturated/α-hetero) is 1. The van der Waals surface area contributed by atoms with Gasteiger partial charge >= 0.3 is 0 Å². The van der Waals surface area contributed by atoms with Crippen LogP contribution in [0.2, 0.25) is 0 Å². The first-order valence-electron chi connectivity index (χ1n) is 5.39. The van der Waals surface area contributed by atoms with E-state index in [1.807, 2.05) is 22.2 Å². The summed E-state index contributed by atoms with van der Waals surface area (Å²) in [6.07, 6.45) is 5.55. The lowest BCUT2D eigenvalue weighted by molar-refractivity contribution is 0.0988. The maximum atomic E-state index is 12.0. The van der Waals surface area contributed by atoms with Gasteiger partial charge in [-0.1, -0.05) is 0 Å². The van der Waals surface area contributed by atoms with E-state index in [1.54, 1.807) is 18.3 Å². The third kappa shape index (κ3) is 1.86. The molecule has 3 heterocycles. The van der Waals surface area contributed by atoms with Crippen LogP contribution in [0, 0.1) is 0 Å². The van der Waals surface area contributed by atoms with Gasteiger partial charge in [0.2, 0.25) is 0 Å². The Morgan fingerprint density at radius 1 is 1.50 bits per heavy atom. The van der Waals surface area contributed by atoms with E-state index in [0.29, 0.717) is 11.4 Å². The SMILES string of the molecule is Nc1cccnc1C(=O)Cc1cn2ccsc2n1. The average Bonchev–Trinajstić information content (AvgIpc) is 2.90. The maximum absolute atomic E-state index is 12.0. The number of imidazole rings is 1. The zero-order valence-corrected chi connectivity index (χ0v) is 10.2. The van der Waals surface area contributed by atoms with Crippen molar-refractivity contribution in [3.05, 3.63) is 47.5 Å². The molecule has 0 fully saturated rings. The van der Waals surface area contributed by atoms with E-state index < -0.39 is 0 Å². The first-order valence-corrected chi connectivity index (χ1v) is 6.27. The zero-order valence-electron chi connectivity index (χ0n) is 9.41. The highest BCUT2D eigenvalue weighted by Gasteiger charge is 2.13. The number of hydrogen-bond acceptors (Lipinski definition) is 5. The predicted octanol–water partition coefficient (Wildman–Crippen LogP) is 1.80. The number of fused-ring (bicyclic) bond motifs is 1. The van der Waals surface area contributed by atoms with Crippen molar-refractivity contribution in [1.29, 1.82) is 0 Å². The van der Waals surface area contributed by atoms with Crippen LogP contribution in [0.25, 0.3) is 4.96 Å². The van der Waals surface area contributed by atoms with Crippen LogP contribution in [0.5, 0.6) is 0 Å². The number of rotatable bonds is 3. The van der Waals surface area contributed by atoms with Crippen molar-refractivity contribution in [3.8, 4) is 0 Å². The third-order valence-corrected chi connectivity index (χ3v) is 3.36. The second-order valence-electron chi connectivity index (χ2n) is 3.87. The number of aromatic nitrogens is 3. The summed E-state index contributed by atoms with van der Waals surface area (Å²) in [6.45, 7) is 0. The zero-order chi connectivity index (χ0) is 12.5. The number of nitrogen functional groups attached to an aromatic ring is 1. The fourth-order valence-electron chi connectivity index (χ4n) is 1.76. The quantitative estimate of drug-likeness (QED) is 0.727. The monoisotopic (exact) mass is 258 g/mol. The molecule has 3 aromatic heterocycles. The van der Waals surface area contributed by atoms with Gasteiger partial charge in [-0.3, -0.25) is 14.2 Å². The van der Waals surface area contributed by atoms with E-state index >= 15 is 0 Å². The number of nitrogens with two attached hydrogens (primary N) is 1. The summed E-state index contributed by atoms with van der Waals surface area (Å²) in [7, 11) is 0. The standard InChI is InChI=1S/C12H10N4OS/c13-9-2-1-3-14-11(9)10(17)6-8-7-16-4-5-18-12(16)15-8/h1-5,7H,6,13H2. The summed E-state index contributed by atoms with van der Waals surface area (Å²) in [6, 6.07) is 3.38. The topological polar surface area (TPSA) is 73.3 Å². The fourth-order valence-corrected chi connectivity index (χ4v) is 2.48. The van der Waals surface area contributed by atoms with E-state index in [4.69, 9.17) is 5.73 Å². The van der Waals surface area contributed by atoms with E-state index in [-0.39, 0.29) is 12.2 Å². The van der Waals surface area contributed by atoms with E-state index in [1.165, 1.54) is 11.3 Å². The van der Waals surface area contributed by atoms with Gasteiger partial charge < -0.3 is 5.73 Å². The van der Waals surface area contributed by atoms with Crippen molar-refractivity contribution >= 4 is 27.8 Å². The fraction of sp³-hybridized carbons (Fsp3) is 0.0833. The minimum atomic E-state index is -0.112. The molecule has 0 aliphatic heterocycles. The van der Waals surface area contributed by atoms with Crippen molar-refractivity contribution in [2.24, 2.45) is 0 Å². The summed E-state index contributed by atoms with van der Waals surface area (Å²) < 4.78 is 1.90. The maximum Gasteiger partial charge on any atom is 0.193 e. The number of thiazole rings is 1. The molecule has 2 N–H and O–H groups in total. The Kier molecular flexibility index (Phi) is 2.56. The first-order chi connectivity index (χ1) is 8.74. The Bertz CT molecular complexity index is 687. The van der Waals surface area contributed by atoms with Gasteiger partial charge in [-0.25, -0.2) is 4.98 Å². The second-order valence-corrected chi connectivity index (χ2v) is 4.74. The summed E-state index contributed by atoms with van der Waals surface area (Å²) in [5.41, 5.74) is 7.18. The van der Waals surface area contributed by atoms with Gasteiger partial charge in [0.15, 0.2) is 10.7 Å². The molecule has 3 rings (SSSR count). The van der Waals surface area contributed by atoms with Crippen molar-refractivity contribution in [3.63, 3.8) is 0 Å². The van der Waals surface area contributed by atoms with Crippen LogP contribution >= 0.6 is 11.3 Å². The Morgan fingerprint density at radius 3 is 3.17 bits per heavy atom. The molecule has 90 valence electrons. The van der Waals surface area contributed by atoms with Crippen molar-refractivity contribution < 1.29 is 4.79 Å². The molecule has 0 radical (unpaired) electrons. The second kappa shape index (κ2) is 4.23. The van der Waals surface area contributed by atoms with Gasteiger partial charge in [-0.15, -0.1) is 11.3 Å². The molecule has 6 heteroatoms. The minimum absolute atomic E-state index is 0.112. The predicted molar refractivity (Wildman–Crippen MR) is 69.8 cm³/mol. The Balaban J connectivity index is 1.87. The Morgan fingerprint density at radius 2 is 2.39 bits per heavy atom. The summed E-state index contributed by atoms with van der Waals surface area (Å²) in [5, 5.41) is 1.95. The molecule has 0 unspecified atom stereocenters. The number of hydrogen-bond donors (Lipinski definition) is 1. The average molecular weight is 258 g/mol. The molecule has 0 saturated heterocycles. The van der Waals surface area contributed by atoms with Crippen LogP contribution in [0.1, 0.15) is 16.2 Å². The molecule has 0 saturated carbocycles. The van der Waals surface area contributed by atoms with Crippen molar-refractivity contribution in [2.45, 2.75) is 6.42 Å². The number of anilines is 1. The normalized spacial score (nSPS) is 10.9. The lowest BCUT2D eigenvalue weighted by Gasteiger charge is -2.01. The number of pyridine rings is 1. The molecule has 0 atom stereocenters. The van der Waals surface area contributed by atoms with Crippen LogP contribution in [-0.4, -0.2) is 20.2 Å². The van der Waals surface area contributed by atoms with Crippen molar-refractivity contribution in [1.82, 2.24) is 14.4 Å². The van der Waals surface area contributed by atoms with Gasteiger partial charge in [-0.05, 0) is 12.1 Å². The van der Waals surface area contributed by atoms with Crippen LogP contribution < -0.4 is 5.73 Å². The third-order valence-electron chi connectivity index (χ3n) is 2.59. The summed E-state index contributed by atoms with van der Waals surface area (Å²) in [5.74, 6) is -0.112. The van der Waals surface area contributed by atoms with Crippen molar-refractivity contribution in [2.75, 3.05) is 5.73 Å². The van der Waals surface area contributed by atoms with E-state index in [2.05, 4.69) is 9.97 Å². The molecule has 0 spiro atoms. The van der Waals surface area contributed by atoms with E-state index in [9.17, 15) is 4.79 Å². The first kappa shape index (κ1) is 10.9. The highest BCUT2D eigenvalue weighted by molar-refractivity contribution is 7.15. The molecule has 18 heavy (non-hydrogen) atoms. The molecule has 0 amide bonds. The van der Waals surface area contributed by atoms with Gasteiger partial charge in [0, 0.05) is 24.0 Å². The summed E-state index contributed by atoms with van der Waals surface area (Å²) in [4.78, 5) is 21.3. The molecule has 0 aliphatic rings. The molecule has 3 aromatic rings. The molecule has 5 nitrogen and oxygen atoms in total. The molecule has 0 aromatic carbocycles. The molecule has 0 aliphatic carbocycles. The van der Waals surface area contributed by atoms with E-state index in [0.717, 1.165) is 10.7 Å². The summed E-state index contributed by atoms with van der Waals surface area (Å²) >= 11 is 1.53. The lowest BCUT2D eigenvalue weighted by Crippen LogP contribution is -2.09.